The predicted octanol–water partition coefficient (Wildman–Crippen LogP) is 7.29. The summed E-state index contributed by atoms with van der Waals surface area (Å²) in [6.45, 7) is 12.2. The average molecular weight is 547 g/mol. The Kier molecular flexibility index (Phi) is 9.38. The second-order valence-corrected chi connectivity index (χ2v) is 11.5. The second-order valence-electron chi connectivity index (χ2n) is 11.5. The molecule has 5 rings (SSSR count). The molecule has 0 heterocycles. The number of aryl methyl sites for hydroxylation is 3. The van der Waals surface area contributed by atoms with Crippen LogP contribution in [0.4, 0.5) is 11.4 Å². The zero-order valence-electron chi connectivity index (χ0n) is 26.2. The van der Waals surface area contributed by atoms with E-state index < -0.39 is 0 Å². The van der Waals surface area contributed by atoms with Gasteiger partial charge in [-0.15, -0.1) is 0 Å². The molecule has 0 aromatic heterocycles. The summed E-state index contributed by atoms with van der Waals surface area (Å²) in [5.41, 5.74) is 15.0. The molecule has 0 aliphatic rings. The molecule has 0 aliphatic heterocycles. The molecule has 0 atom stereocenters. The minimum absolute atomic E-state index is 0.251. The van der Waals surface area contributed by atoms with E-state index in [9.17, 15) is 0 Å². The molecule has 0 amide bonds. The Bertz CT molecular complexity index is 1640. The summed E-state index contributed by atoms with van der Waals surface area (Å²) >= 11 is 0. The first-order chi connectivity index (χ1) is 20.5. The second kappa shape index (κ2) is 13.3. The molecule has 42 heavy (non-hydrogen) atoms. The van der Waals surface area contributed by atoms with Gasteiger partial charge in [-0.2, -0.15) is 0 Å². The van der Waals surface area contributed by atoms with E-state index in [0.717, 1.165) is 19.3 Å². The van der Waals surface area contributed by atoms with Gasteiger partial charge in [0.15, 0.2) is 0 Å². The Labute approximate surface area is 254 Å². The van der Waals surface area contributed by atoms with Gasteiger partial charge in [-0.1, -0.05) is 176 Å². The molecule has 0 bridgehead atoms. The fourth-order valence-electron chi connectivity index (χ4n) is 6.66. The van der Waals surface area contributed by atoms with Crippen LogP contribution in [0, 0.1) is 0 Å². The Morgan fingerprint density at radius 3 is 1.57 bits per heavy atom. The van der Waals surface area contributed by atoms with E-state index in [-0.39, 0.29) is 6.71 Å². The van der Waals surface area contributed by atoms with Crippen LogP contribution in [0.15, 0.2) is 115 Å². The number of nitrogens with zero attached hydrogens (tertiary/aromatic N) is 1. The standard InChI is InChI=1S/C39H43B2N/c1-7-29-19-13-16-24-34(29)40(4)36-28-37(41(5)35-25-17-14-20-30(35)8-2)39(27-31(36)9-3)42(6)38-26-18-15-23-33(38)32-21-11-10-12-22-32/h10-28H,7-9H2,1-6H3. The number of rotatable bonds is 10. The first kappa shape index (κ1) is 29.5. The van der Waals surface area contributed by atoms with E-state index in [2.05, 4.69) is 162 Å². The molecule has 1 nitrogen and oxygen atoms in total. The largest absolute Gasteiger partial charge is 0.345 e. The van der Waals surface area contributed by atoms with E-state index >= 15 is 0 Å². The van der Waals surface area contributed by atoms with Crippen molar-refractivity contribution in [3.8, 4) is 11.1 Å². The van der Waals surface area contributed by atoms with Crippen molar-refractivity contribution in [3.05, 3.63) is 132 Å². The van der Waals surface area contributed by atoms with Crippen molar-refractivity contribution in [2.45, 2.75) is 53.7 Å². The normalized spacial score (nSPS) is 10.9. The fourth-order valence-corrected chi connectivity index (χ4v) is 6.66. The maximum atomic E-state index is 2.55. The van der Waals surface area contributed by atoms with Gasteiger partial charge in [0, 0.05) is 24.0 Å². The van der Waals surface area contributed by atoms with E-state index in [0.29, 0.717) is 6.71 Å². The van der Waals surface area contributed by atoms with Crippen LogP contribution in [0.2, 0.25) is 13.6 Å². The Balaban J connectivity index is 1.73. The van der Waals surface area contributed by atoms with E-state index in [1.54, 1.807) is 0 Å². The SMILES string of the molecule is CCc1ccccc1B(C)c1cc(B(C)c2ccccc2CC)c(N(C)c2ccccc2-c2ccccc2)cc1CC. The lowest BCUT2D eigenvalue weighted by molar-refractivity contribution is 1.14. The summed E-state index contributed by atoms with van der Waals surface area (Å²) in [7, 11) is 2.24. The Morgan fingerprint density at radius 2 is 0.976 bits per heavy atom. The molecule has 0 radical (unpaired) electrons. The molecule has 0 saturated carbocycles. The lowest BCUT2D eigenvalue weighted by atomic mass is 9.37. The molecular formula is C39H43B2N. The van der Waals surface area contributed by atoms with Gasteiger partial charge >= 0.3 is 0 Å². The van der Waals surface area contributed by atoms with Crippen molar-refractivity contribution in [3.63, 3.8) is 0 Å². The Hall–Kier alpha value is -3.97. The zero-order chi connectivity index (χ0) is 29.6. The first-order valence-corrected chi connectivity index (χ1v) is 15.7. The molecule has 0 aliphatic carbocycles. The molecule has 3 heteroatoms. The van der Waals surface area contributed by atoms with Gasteiger partial charge in [0.2, 0.25) is 13.4 Å². The number of anilines is 2. The average Bonchev–Trinajstić information content (AvgIpc) is 3.07. The number of benzene rings is 5. The topological polar surface area (TPSA) is 3.24 Å². The van der Waals surface area contributed by atoms with Crippen LogP contribution in [0.25, 0.3) is 11.1 Å². The minimum atomic E-state index is 0.251. The first-order valence-electron chi connectivity index (χ1n) is 15.7. The fraction of sp³-hybridized carbons (Fsp3) is 0.231. The third-order valence-electron chi connectivity index (χ3n) is 9.12. The van der Waals surface area contributed by atoms with Gasteiger partial charge in [-0.05, 0) is 37.0 Å². The van der Waals surface area contributed by atoms with Gasteiger partial charge in [-0.25, -0.2) is 0 Å². The molecule has 210 valence electrons. The van der Waals surface area contributed by atoms with Gasteiger partial charge in [0.25, 0.3) is 0 Å². The van der Waals surface area contributed by atoms with Crippen LogP contribution in [-0.4, -0.2) is 20.5 Å². The predicted molar refractivity (Wildman–Crippen MR) is 189 cm³/mol. The highest BCUT2D eigenvalue weighted by atomic mass is 15.1. The minimum Gasteiger partial charge on any atom is -0.345 e. The van der Waals surface area contributed by atoms with E-state index in [4.69, 9.17) is 0 Å². The van der Waals surface area contributed by atoms with Gasteiger partial charge in [-0.3, -0.25) is 0 Å². The van der Waals surface area contributed by atoms with Gasteiger partial charge < -0.3 is 4.90 Å². The van der Waals surface area contributed by atoms with Crippen LogP contribution < -0.4 is 26.8 Å². The van der Waals surface area contributed by atoms with Crippen LogP contribution in [0.5, 0.6) is 0 Å². The summed E-state index contributed by atoms with van der Waals surface area (Å²) in [6.07, 6.45) is 3.07. The lowest BCUT2D eigenvalue weighted by Gasteiger charge is -2.30. The third kappa shape index (κ3) is 5.84. The number of hydrogen-bond acceptors (Lipinski definition) is 1. The van der Waals surface area contributed by atoms with E-state index in [1.165, 1.54) is 61.0 Å². The van der Waals surface area contributed by atoms with Crippen LogP contribution in [0.1, 0.15) is 37.5 Å². The van der Waals surface area contributed by atoms with Crippen molar-refractivity contribution < 1.29 is 0 Å². The van der Waals surface area contributed by atoms with Crippen molar-refractivity contribution >= 4 is 46.7 Å². The smallest absolute Gasteiger partial charge is 0.209 e. The third-order valence-corrected chi connectivity index (χ3v) is 9.12. The highest BCUT2D eigenvalue weighted by Crippen LogP contribution is 2.34. The maximum absolute atomic E-state index is 2.55. The molecule has 0 spiro atoms. The van der Waals surface area contributed by atoms with Crippen molar-refractivity contribution in [1.29, 1.82) is 0 Å². The highest BCUT2D eigenvalue weighted by molar-refractivity contribution is 6.88. The lowest BCUT2D eigenvalue weighted by Crippen LogP contribution is -2.49. The van der Waals surface area contributed by atoms with Crippen LogP contribution in [0.3, 0.4) is 0 Å². The molecule has 0 N–H and O–H groups in total. The quantitative estimate of drug-likeness (QED) is 0.166. The molecule has 0 saturated heterocycles. The van der Waals surface area contributed by atoms with Crippen molar-refractivity contribution in [1.82, 2.24) is 0 Å². The monoisotopic (exact) mass is 547 g/mol. The van der Waals surface area contributed by atoms with Crippen LogP contribution in [-0.2, 0) is 19.3 Å². The molecule has 0 fully saturated rings. The zero-order valence-corrected chi connectivity index (χ0v) is 26.2. The van der Waals surface area contributed by atoms with Crippen molar-refractivity contribution in [2.75, 3.05) is 11.9 Å². The Morgan fingerprint density at radius 1 is 0.476 bits per heavy atom. The molecule has 5 aromatic carbocycles. The summed E-state index contributed by atoms with van der Waals surface area (Å²) in [5, 5.41) is 0. The van der Waals surface area contributed by atoms with E-state index in [1.807, 2.05) is 0 Å². The number of hydrogen-bond donors (Lipinski definition) is 0. The number of para-hydroxylation sites is 1. The summed E-state index contributed by atoms with van der Waals surface area (Å²) in [4.78, 5) is 2.43. The van der Waals surface area contributed by atoms with Gasteiger partial charge in [0.05, 0.1) is 0 Å². The summed E-state index contributed by atoms with van der Waals surface area (Å²) < 4.78 is 0. The summed E-state index contributed by atoms with van der Waals surface area (Å²) in [5.74, 6) is 0. The highest BCUT2D eigenvalue weighted by Gasteiger charge is 2.27. The van der Waals surface area contributed by atoms with Crippen molar-refractivity contribution in [2.24, 2.45) is 0 Å². The van der Waals surface area contributed by atoms with Crippen LogP contribution >= 0.6 is 0 Å². The summed E-state index contributed by atoms with van der Waals surface area (Å²) in [6, 6.07) is 42.6. The molecule has 0 unspecified atom stereocenters. The molecule has 5 aromatic rings. The van der Waals surface area contributed by atoms with Gasteiger partial charge in [0.1, 0.15) is 0 Å². The maximum Gasteiger partial charge on any atom is 0.209 e. The molecular weight excluding hydrogens is 504 g/mol.